The SMILES string of the molecule is CC(=O)C(F)(F)c1cc(C)n(C)n1. The minimum atomic E-state index is -3.47. The maximum absolute atomic E-state index is 13.0. The Morgan fingerprint density at radius 1 is 1.62 bits per heavy atom. The number of ketones is 1. The number of carbonyl (C=O) groups excluding carboxylic acids is 1. The summed E-state index contributed by atoms with van der Waals surface area (Å²) in [6.07, 6.45) is 0. The maximum Gasteiger partial charge on any atom is 0.348 e. The van der Waals surface area contributed by atoms with Crippen molar-refractivity contribution in [3.63, 3.8) is 0 Å². The first-order chi connectivity index (χ1) is 5.85. The van der Waals surface area contributed by atoms with Crippen LogP contribution in [0.2, 0.25) is 0 Å². The molecule has 0 saturated carbocycles. The maximum atomic E-state index is 13.0. The third-order valence-electron chi connectivity index (χ3n) is 1.88. The number of hydrogen-bond donors (Lipinski definition) is 0. The molecule has 1 aromatic rings. The van der Waals surface area contributed by atoms with Gasteiger partial charge in [-0.05, 0) is 13.0 Å². The van der Waals surface area contributed by atoms with Crippen molar-refractivity contribution in [1.82, 2.24) is 9.78 Å². The van der Waals surface area contributed by atoms with Crippen molar-refractivity contribution < 1.29 is 13.6 Å². The quantitative estimate of drug-likeness (QED) is 0.703. The predicted octanol–water partition coefficient (Wildman–Crippen LogP) is 1.41. The second-order valence-corrected chi connectivity index (χ2v) is 2.93. The van der Waals surface area contributed by atoms with Gasteiger partial charge in [-0.2, -0.15) is 13.9 Å². The molecular weight excluding hydrogens is 178 g/mol. The molecule has 0 aliphatic rings. The molecule has 0 saturated heterocycles. The summed E-state index contributed by atoms with van der Waals surface area (Å²) in [6.45, 7) is 2.50. The van der Waals surface area contributed by atoms with E-state index in [1.165, 1.54) is 10.7 Å². The van der Waals surface area contributed by atoms with Crippen LogP contribution in [0, 0.1) is 6.92 Å². The zero-order valence-corrected chi connectivity index (χ0v) is 7.64. The summed E-state index contributed by atoms with van der Waals surface area (Å²) in [5.41, 5.74) is 0.107. The number of aryl methyl sites for hydroxylation is 2. The fourth-order valence-corrected chi connectivity index (χ4v) is 0.894. The molecule has 0 amide bonds. The van der Waals surface area contributed by atoms with E-state index in [0.29, 0.717) is 5.69 Å². The van der Waals surface area contributed by atoms with Gasteiger partial charge in [0.1, 0.15) is 5.69 Å². The number of Topliss-reactive ketones (excluding diaryl/α,β-unsaturated/α-hetero) is 1. The fourth-order valence-electron chi connectivity index (χ4n) is 0.894. The van der Waals surface area contributed by atoms with Gasteiger partial charge in [0.05, 0.1) is 0 Å². The summed E-state index contributed by atoms with van der Waals surface area (Å²) in [6, 6.07) is 1.21. The highest BCUT2D eigenvalue weighted by atomic mass is 19.3. The monoisotopic (exact) mass is 188 g/mol. The molecule has 0 aromatic carbocycles. The van der Waals surface area contributed by atoms with Crippen LogP contribution in [0.15, 0.2) is 6.07 Å². The van der Waals surface area contributed by atoms with E-state index in [-0.39, 0.29) is 0 Å². The lowest BCUT2D eigenvalue weighted by Crippen LogP contribution is -2.23. The first kappa shape index (κ1) is 9.83. The van der Waals surface area contributed by atoms with Gasteiger partial charge < -0.3 is 0 Å². The zero-order valence-electron chi connectivity index (χ0n) is 7.64. The number of aromatic nitrogens is 2. The van der Waals surface area contributed by atoms with Crippen molar-refractivity contribution in [2.24, 2.45) is 7.05 Å². The smallest absolute Gasteiger partial charge is 0.293 e. The zero-order chi connectivity index (χ0) is 10.2. The Bertz CT molecular complexity index is 324. The van der Waals surface area contributed by atoms with E-state index in [0.717, 1.165) is 6.92 Å². The van der Waals surface area contributed by atoms with Gasteiger partial charge in [-0.1, -0.05) is 0 Å². The molecule has 0 aliphatic heterocycles. The van der Waals surface area contributed by atoms with E-state index in [2.05, 4.69) is 5.10 Å². The third kappa shape index (κ3) is 1.59. The highest BCUT2D eigenvalue weighted by Crippen LogP contribution is 2.27. The summed E-state index contributed by atoms with van der Waals surface area (Å²) in [4.78, 5) is 10.6. The standard InChI is InChI=1S/C8H10F2N2O/c1-5-4-7(11-12(5)3)8(9,10)6(2)13/h4H,1-3H3. The van der Waals surface area contributed by atoms with Crippen molar-refractivity contribution in [3.05, 3.63) is 17.5 Å². The van der Waals surface area contributed by atoms with E-state index < -0.39 is 17.4 Å². The molecule has 72 valence electrons. The van der Waals surface area contributed by atoms with Crippen molar-refractivity contribution in [1.29, 1.82) is 0 Å². The number of halogens is 2. The average Bonchev–Trinajstić information content (AvgIpc) is 2.32. The second kappa shape index (κ2) is 2.90. The molecule has 0 N–H and O–H groups in total. The molecule has 13 heavy (non-hydrogen) atoms. The van der Waals surface area contributed by atoms with Crippen LogP contribution in [0.25, 0.3) is 0 Å². The summed E-state index contributed by atoms with van der Waals surface area (Å²) in [5, 5.41) is 3.55. The minimum absolute atomic E-state index is 0.486. The Kier molecular flexibility index (Phi) is 2.19. The number of carbonyl (C=O) groups is 1. The highest BCUT2D eigenvalue weighted by Gasteiger charge is 2.40. The molecule has 0 radical (unpaired) electrons. The van der Waals surface area contributed by atoms with Crippen LogP contribution in [0.5, 0.6) is 0 Å². The number of alkyl halides is 2. The van der Waals surface area contributed by atoms with Crippen LogP contribution >= 0.6 is 0 Å². The van der Waals surface area contributed by atoms with Crippen LogP contribution in [0.3, 0.4) is 0 Å². The van der Waals surface area contributed by atoms with E-state index >= 15 is 0 Å². The molecule has 1 heterocycles. The van der Waals surface area contributed by atoms with Crippen LogP contribution in [0.4, 0.5) is 8.78 Å². The molecule has 0 bridgehead atoms. The summed E-state index contributed by atoms with van der Waals surface area (Å²) in [5.74, 6) is -4.66. The molecule has 1 aromatic heterocycles. The van der Waals surface area contributed by atoms with E-state index in [1.54, 1.807) is 14.0 Å². The Morgan fingerprint density at radius 3 is 2.46 bits per heavy atom. The summed E-state index contributed by atoms with van der Waals surface area (Å²) in [7, 11) is 1.55. The van der Waals surface area contributed by atoms with Gasteiger partial charge in [0, 0.05) is 19.7 Å². The van der Waals surface area contributed by atoms with Crippen LogP contribution < -0.4 is 0 Å². The molecule has 0 unspecified atom stereocenters. The molecule has 0 atom stereocenters. The third-order valence-corrected chi connectivity index (χ3v) is 1.88. The van der Waals surface area contributed by atoms with Crippen molar-refractivity contribution in [3.8, 4) is 0 Å². The fraction of sp³-hybridized carbons (Fsp3) is 0.500. The number of hydrogen-bond acceptors (Lipinski definition) is 2. The lowest BCUT2D eigenvalue weighted by atomic mass is 10.1. The number of nitrogens with zero attached hydrogens (tertiary/aromatic N) is 2. The van der Waals surface area contributed by atoms with Gasteiger partial charge in [-0.3, -0.25) is 9.48 Å². The number of rotatable bonds is 2. The van der Waals surface area contributed by atoms with Gasteiger partial charge in [-0.15, -0.1) is 0 Å². The van der Waals surface area contributed by atoms with E-state index in [9.17, 15) is 13.6 Å². The first-order valence-corrected chi connectivity index (χ1v) is 3.75. The lowest BCUT2D eigenvalue weighted by molar-refractivity contribution is -0.142. The largest absolute Gasteiger partial charge is 0.348 e. The minimum Gasteiger partial charge on any atom is -0.293 e. The normalized spacial score (nSPS) is 11.8. The lowest BCUT2D eigenvalue weighted by Gasteiger charge is -2.08. The Labute approximate surface area is 74.4 Å². The molecule has 0 fully saturated rings. The Morgan fingerprint density at radius 2 is 2.15 bits per heavy atom. The Balaban J connectivity index is 3.15. The summed E-state index contributed by atoms with van der Waals surface area (Å²) >= 11 is 0. The van der Waals surface area contributed by atoms with Crippen LogP contribution in [-0.4, -0.2) is 15.6 Å². The molecule has 0 aliphatic carbocycles. The average molecular weight is 188 g/mol. The topological polar surface area (TPSA) is 34.9 Å². The van der Waals surface area contributed by atoms with Gasteiger partial charge in [0.2, 0.25) is 5.78 Å². The molecule has 5 heteroatoms. The van der Waals surface area contributed by atoms with E-state index in [1.807, 2.05) is 0 Å². The molecular formula is C8H10F2N2O. The van der Waals surface area contributed by atoms with E-state index in [4.69, 9.17) is 0 Å². The van der Waals surface area contributed by atoms with Crippen LogP contribution in [0.1, 0.15) is 18.3 Å². The summed E-state index contributed by atoms with van der Waals surface area (Å²) < 4.78 is 27.4. The van der Waals surface area contributed by atoms with Crippen molar-refractivity contribution >= 4 is 5.78 Å². The molecule has 0 spiro atoms. The first-order valence-electron chi connectivity index (χ1n) is 3.75. The van der Waals surface area contributed by atoms with Gasteiger partial charge in [0.15, 0.2) is 0 Å². The highest BCUT2D eigenvalue weighted by molar-refractivity contribution is 5.83. The second-order valence-electron chi connectivity index (χ2n) is 2.93. The van der Waals surface area contributed by atoms with Gasteiger partial charge in [-0.25, -0.2) is 0 Å². The van der Waals surface area contributed by atoms with Crippen molar-refractivity contribution in [2.75, 3.05) is 0 Å². The van der Waals surface area contributed by atoms with Crippen LogP contribution in [-0.2, 0) is 17.8 Å². The van der Waals surface area contributed by atoms with Gasteiger partial charge in [0.25, 0.3) is 0 Å². The predicted molar refractivity (Wildman–Crippen MR) is 42.5 cm³/mol. The van der Waals surface area contributed by atoms with Gasteiger partial charge >= 0.3 is 5.92 Å². The molecule has 1 rings (SSSR count). The van der Waals surface area contributed by atoms with Crippen molar-refractivity contribution in [2.45, 2.75) is 19.8 Å². The Hall–Kier alpha value is -1.26. The molecule has 3 nitrogen and oxygen atoms in total.